The Hall–Kier alpha value is -1.26. The van der Waals surface area contributed by atoms with Crippen LogP contribution in [0.25, 0.3) is 5.65 Å². The maximum atomic E-state index is 11.9. The molecule has 100 valence electrons. The van der Waals surface area contributed by atoms with Crippen molar-refractivity contribution in [1.82, 2.24) is 9.38 Å². The molecule has 19 heavy (non-hydrogen) atoms. The van der Waals surface area contributed by atoms with Gasteiger partial charge in [-0.2, -0.15) is 0 Å². The minimum absolute atomic E-state index is 0.0264. The molecular formula is C13H12Cl2N2O2. The molecule has 0 radical (unpaired) electrons. The number of pyridine rings is 1. The Kier molecular flexibility index (Phi) is 2.95. The summed E-state index contributed by atoms with van der Waals surface area (Å²) in [6, 6.07) is 5.68. The Morgan fingerprint density at radius 3 is 2.95 bits per heavy atom. The van der Waals surface area contributed by atoms with E-state index in [9.17, 15) is 4.79 Å². The van der Waals surface area contributed by atoms with E-state index in [1.165, 1.54) is 0 Å². The van der Waals surface area contributed by atoms with Crippen molar-refractivity contribution < 1.29 is 9.53 Å². The van der Waals surface area contributed by atoms with Gasteiger partial charge >= 0.3 is 5.97 Å². The van der Waals surface area contributed by atoms with Gasteiger partial charge in [0.25, 0.3) is 0 Å². The van der Waals surface area contributed by atoms with Gasteiger partial charge in [-0.05, 0) is 25.5 Å². The van der Waals surface area contributed by atoms with Crippen LogP contribution in [0.5, 0.6) is 0 Å². The van der Waals surface area contributed by atoms with Gasteiger partial charge in [-0.3, -0.25) is 0 Å². The molecular weight excluding hydrogens is 287 g/mol. The Morgan fingerprint density at radius 2 is 2.32 bits per heavy atom. The molecule has 0 saturated heterocycles. The molecule has 1 aliphatic rings. The van der Waals surface area contributed by atoms with Gasteiger partial charge in [0.2, 0.25) is 0 Å². The first-order valence-corrected chi connectivity index (χ1v) is 6.72. The van der Waals surface area contributed by atoms with E-state index in [1.54, 1.807) is 6.20 Å². The van der Waals surface area contributed by atoms with Crippen molar-refractivity contribution in [3.63, 3.8) is 0 Å². The minimum Gasteiger partial charge on any atom is -0.461 e. The van der Waals surface area contributed by atoms with Crippen molar-refractivity contribution in [3.8, 4) is 0 Å². The Balaban J connectivity index is 1.73. The van der Waals surface area contributed by atoms with Gasteiger partial charge in [0.05, 0.1) is 6.61 Å². The van der Waals surface area contributed by atoms with Crippen molar-refractivity contribution in [3.05, 3.63) is 35.8 Å². The molecule has 4 nitrogen and oxygen atoms in total. The van der Waals surface area contributed by atoms with E-state index in [2.05, 4.69) is 4.98 Å². The monoisotopic (exact) mass is 298 g/mol. The minimum atomic E-state index is -0.726. The number of esters is 1. The summed E-state index contributed by atoms with van der Waals surface area (Å²) in [4.78, 5) is 16.1. The summed E-state index contributed by atoms with van der Waals surface area (Å²) in [5, 5.41) is 0. The topological polar surface area (TPSA) is 43.6 Å². The van der Waals surface area contributed by atoms with E-state index in [0.717, 1.165) is 11.3 Å². The second-order valence-electron chi connectivity index (χ2n) is 4.78. The zero-order chi connectivity index (χ0) is 13.6. The maximum absolute atomic E-state index is 11.9. The summed E-state index contributed by atoms with van der Waals surface area (Å²) in [6.07, 6.45) is 2.34. The summed E-state index contributed by atoms with van der Waals surface area (Å²) in [7, 11) is 0. The highest BCUT2D eigenvalue weighted by Crippen LogP contribution is 2.53. The molecule has 3 rings (SSSR count). The molecule has 0 aromatic carbocycles. The third-order valence-corrected chi connectivity index (χ3v) is 4.20. The number of carbonyl (C=O) groups is 1. The second kappa shape index (κ2) is 4.39. The standard InChI is InChI=1S/C13H12Cl2N2O2/c1-8-3-2-4-11-16-10(6-17(8)11)12(18)19-7-9-5-13(9,14)15/h2-4,6,9H,5,7H2,1H3/t9-/m1/s1. The summed E-state index contributed by atoms with van der Waals surface area (Å²) < 4.78 is 6.30. The lowest BCUT2D eigenvalue weighted by Gasteiger charge is -2.01. The number of hydrogen-bond donors (Lipinski definition) is 0. The van der Waals surface area contributed by atoms with Crippen LogP contribution in [-0.4, -0.2) is 26.3 Å². The first-order chi connectivity index (χ1) is 8.97. The van der Waals surface area contributed by atoms with Crippen molar-refractivity contribution in [1.29, 1.82) is 0 Å². The zero-order valence-corrected chi connectivity index (χ0v) is 11.8. The molecule has 0 N–H and O–H groups in total. The maximum Gasteiger partial charge on any atom is 0.358 e. The second-order valence-corrected chi connectivity index (χ2v) is 6.32. The number of fused-ring (bicyclic) bond motifs is 1. The molecule has 0 amide bonds. The molecule has 0 aliphatic heterocycles. The highest BCUT2D eigenvalue weighted by Gasteiger charge is 2.52. The molecule has 0 bridgehead atoms. The summed E-state index contributed by atoms with van der Waals surface area (Å²) in [6.45, 7) is 2.18. The number of rotatable bonds is 3. The lowest BCUT2D eigenvalue weighted by Crippen LogP contribution is -2.10. The van der Waals surface area contributed by atoms with E-state index in [1.807, 2.05) is 29.5 Å². The van der Waals surface area contributed by atoms with Crippen molar-refractivity contribution in [2.24, 2.45) is 5.92 Å². The van der Waals surface area contributed by atoms with Crippen molar-refractivity contribution >= 4 is 34.8 Å². The molecule has 6 heteroatoms. The van der Waals surface area contributed by atoms with Crippen LogP contribution < -0.4 is 0 Å². The third-order valence-electron chi connectivity index (χ3n) is 3.28. The van der Waals surface area contributed by atoms with Gasteiger partial charge in [-0.25, -0.2) is 9.78 Å². The quantitative estimate of drug-likeness (QED) is 0.646. The Morgan fingerprint density at radius 1 is 1.58 bits per heavy atom. The van der Waals surface area contributed by atoms with Crippen LogP contribution in [0.1, 0.15) is 22.6 Å². The van der Waals surface area contributed by atoms with Gasteiger partial charge < -0.3 is 9.14 Å². The first kappa shape index (κ1) is 12.8. The lowest BCUT2D eigenvalue weighted by molar-refractivity contribution is 0.0479. The zero-order valence-electron chi connectivity index (χ0n) is 10.3. The average Bonchev–Trinajstić information content (AvgIpc) is 2.78. The van der Waals surface area contributed by atoms with Crippen LogP contribution in [0.3, 0.4) is 0 Å². The number of carbonyl (C=O) groups excluding carboxylic acids is 1. The average molecular weight is 299 g/mol. The predicted molar refractivity (Wildman–Crippen MR) is 72.8 cm³/mol. The van der Waals surface area contributed by atoms with E-state index in [-0.39, 0.29) is 12.5 Å². The fraction of sp³-hybridized carbons (Fsp3) is 0.385. The van der Waals surface area contributed by atoms with Crippen LogP contribution in [0.15, 0.2) is 24.4 Å². The number of aromatic nitrogens is 2. The molecule has 1 aliphatic carbocycles. The fourth-order valence-electron chi connectivity index (χ4n) is 1.95. The van der Waals surface area contributed by atoms with Gasteiger partial charge in [0.1, 0.15) is 9.98 Å². The number of alkyl halides is 2. The van der Waals surface area contributed by atoms with E-state index >= 15 is 0 Å². The fourth-order valence-corrected chi connectivity index (χ4v) is 2.45. The molecule has 0 spiro atoms. The van der Waals surface area contributed by atoms with Crippen LogP contribution in [-0.2, 0) is 4.74 Å². The number of ether oxygens (including phenoxy) is 1. The highest BCUT2D eigenvalue weighted by atomic mass is 35.5. The summed E-state index contributed by atoms with van der Waals surface area (Å²) in [5.74, 6) is -0.419. The molecule has 0 unspecified atom stereocenters. The largest absolute Gasteiger partial charge is 0.461 e. The summed E-state index contributed by atoms with van der Waals surface area (Å²) in [5.41, 5.74) is 2.03. The lowest BCUT2D eigenvalue weighted by atomic mass is 10.4. The normalized spacial score (nSPS) is 20.5. The SMILES string of the molecule is Cc1cccc2nc(C(=O)OC[C@H]3CC3(Cl)Cl)cn12. The number of aryl methyl sites for hydroxylation is 1. The van der Waals surface area contributed by atoms with Crippen LogP contribution in [0, 0.1) is 12.8 Å². The molecule has 1 saturated carbocycles. The molecule has 1 atom stereocenters. The smallest absolute Gasteiger partial charge is 0.358 e. The molecule has 2 aromatic heterocycles. The number of hydrogen-bond acceptors (Lipinski definition) is 3. The third kappa shape index (κ3) is 2.42. The van der Waals surface area contributed by atoms with Crippen LogP contribution in [0.4, 0.5) is 0 Å². The van der Waals surface area contributed by atoms with Gasteiger partial charge in [0, 0.05) is 17.8 Å². The summed E-state index contributed by atoms with van der Waals surface area (Å²) >= 11 is 11.8. The molecule has 2 heterocycles. The van der Waals surface area contributed by atoms with Gasteiger partial charge in [-0.15, -0.1) is 23.2 Å². The first-order valence-electron chi connectivity index (χ1n) is 5.97. The molecule has 2 aromatic rings. The van der Waals surface area contributed by atoms with Crippen molar-refractivity contribution in [2.75, 3.05) is 6.61 Å². The molecule has 1 fully saturated rings. The van der Waals surface area contributed by atoms with E-state index in [4.69, 9.17) is 27.9 Å². The number of nitrogens with zero attached hydrogens (tertiary/aromatic N) is 2. The van der Waals surface area contributed by atoms with Crippen LogP contribution in [0.2, 0.25) is 0 Å². The highest BCUT2D eigenvalue weighted by molar-refractivity contribution is 6.50. The number of halogens is 2. The Labute approximate surface area is 120 Å². The van der Waals surface area contributed by atoms with E-state index in [0.29, 0.717) is 12.1 Å². The van der Waals surface area contributed by atoms with Crippen LogP contribution >= 0.6 is 23.2 Å². The number of imidazole rings is 1. The predicted octanol–water partition coefficient (Wildman–Crippen LogP) is 2.99. The Bertz CT molecular complexity index is 651. The van der Waals surface area contributed by atoms with Gasteiger partial charge in [-0.1, -0.05) is 6.07 Å². The van der Waals surface area contributed by atoms with Gasteiger partial charge in [0.15, 0.2) is 5.69 Å². The van der Waals surface area contributed by atoms with E-state index < -0.39 is 10.3 Å². The van der Waals surface area contributed by atoms with Crippen molar-refractivity contribution in [2.45, 2.75) is 17.7 Å².